The van der Waals surface area contributed by atoms with Gasteiger partial charge in [0.15, 0.2) is 0 Å². The zero-order valence-corrected chi connectivity index (χ0v) is 14.6. The highest BCUT2D eigenvalue weighted by molar-refractivity contribution is 7.15. The van der Waals surface area contributed by atoms with Gasteiger partial charge in [-0.3, -0.25) is 0 Å². The van der Waals surface area contributed by atoms with E-state index in [-0.39, 0.29) is 11.5 Å². The second kappa shape index (κ2) is 5.78. The summed E-state index contributed by atoms with van der Waals surface area (Å²) in [6.07, 6.45) is 0. The lowest BCUT2D eigenvalue weighted by Gasteiger charge is -2.18. The zero-order chi connectivity index (χ0) is 15.8. The first-order chi connectivity index (χ1) is 9.70. The van der Waals surface area contributed by atoms with Crippen molar-refractivity contribution in [2.75, 3.05) is 19.0 Å². The van der Waals surface area contributed by atoms with Crippen molar-refractivity contribution in [1.82, 2.24) is 4.98 Å². The van der Waals surface area contributed by atoms with Crippen LogP contribution in [0.25, 0.3) is 10.6 Å². The number of nitrogens with two attached hydrogens (primary N) is 1. The highest BCUT2D eigenvalue weighted by Crippen LogP contribution is 2.37. The van der Waals surface area contributed by atoms with Crippen molar-refractivity contribution >= 4 is 17.0 Å². The number of anilines is 1. The molecule has 0 aliphatic carbocycles. The Balaban J connectivity index is 2.45. The fourth-order valence-electron chi connectivity index (χ4n) is 2.20. The number of rotatable bonds is 3. The molecule has 0 aliphatic rings. The number of hydrogen-bond acceptors (Lipinski definition) is 4. The molecule has 1 atom stereocenters. The summed E-state index contributed by atoms with van der Waals surface area (Å²) in [4.78, 5) is 8.16. The number of thiazole rings is 1. The summed E-state index contributed by atoms with van der Waals surface area (Å²) in [7, 11) is 4.09. The molecule has 1 aromatic carbocycles. The summed E-state index contributed by atoms with van der Waals surface area (Å²) in [5.41, 5.74) is 9.61. The van der Waals surface area contributed by atoms with Crippen molar-refractivity contribution in [1.29, 1.82) is 0 Å². The molecule has 0 radical (unpaired) electrons. The van der Waals surface area contributed by atoms with Crippen molar-refractivity contribution in [3.8, 4) is 10.6 Å². The molecule has 0 fully saturated rings. The second-order valence-electron chi connectivity index (χ2n) is 6.71. The van der Waals surface area contributed by atoms with Crippen LogP contribution in [0.1, 0.15) is 44.3 Å². The molecule has 1 unspecified atom stereocenters. The van der Waals surface area contributed by atoms with Gasteiger partial charge in [0.25, 0.3) is 0 Å². The van der Waals surface area contributed by atoms with Gasteiger partial charge in [-0.05, 0) is 31.2 Å². The van der Waals surface area contributed by atoms with Crippen molar-refractivity contribution in [2.45, 2.75) is 39.2 Å². The Morgan fingerprint density at radius 1 is 1.14 bits per heavy atom. The molecule has 0 saturated heterocycles. The molecular weight excluding hydrogens is 278 g/mol. The summed E-state index contributed by atoms with van der Waals surface area (Å²) < 4.78 is 0. The Labute approximate surface area is 131 Å². The third-order valence-corrected chi connectivity index (χ3v) is 4.71. The average molecular weight is 303 g/mol. The van der Waals surface area contributed by atoms with Crippen LogP contribution in [-0.4, -0.2) is 19.1 Å². The van der Waals surface area contributed by atoms with Crippen LogP contribution < -0.4 is 10.6 Å². The molecule has 3 nitrogen and oxygen atoms in total. The van der Waals surface area contributed by atoms with E-state index in [4.69, 9.17) is 10.7 Å². The van der Waals surface area contributed by atoms with Crippen LogP contribution in [0.4, 0.5) is 5.69 Å². The fraction of sp³-hybridized carbons (Fsp3) is 0.471. The van der Waals surface area contributed by atoms with Crippen LogP contribution in [0, 0.1) is 0 Å². The first-order valence-corrected chi connectivity index (χ1v) is 8.06. The van der Waals surface area contributed by atoms with Crippen LogP contribution >= 0.6 is 11.3 Å². The molecule has 1 aromatic heterocycles. The Bertz CT molecular complexity index is 604. The molecule has 0 amide bonds. The van der Waals surface area contributed by atoms with E-state index in [1.54, 1.807) is 11.3 Å². The van der Waals surface area contributed by atoms with Gasteiger partial charge in [0.05, 0.1) is 5.69 Å². The maximum Gasteiger partial charge on any atom is 0.123 e. The molecule has 114 valence electrons. The first-order valence-electron chi connectivity index (χ1n) is 7.24. The normalized spacial score (nSPS) is 13.3. The van der Waals surface area contributed by atoms with E-state index < -0.39 is 0 Å². The molecule has 0 bridgehead atoms. The number of aromatic nitrogens is 1. The molecule has 2 N–H and O–H groups in total. The van der Waals surface area contributed by atoms with Crippen molar-refractivity contribution in [3.63, 3.8) is 0 Å². The lowest BCUT2D eigenvalue weighted by atomic mass is 9.90. The standard InChI is InChI=1S/C17H25N3S/c1-11(18)14-15(17(2,3)4)19-16(21-14)12-7-9-13(10-8-12)20(5)6/h7-11H,18H2,1-6H3. The van der Waals surface area contributed by atoms with Crippen molar-refractivity contribution < 1.29 is 0 Å². The van der Waals surface area contributed by atoms with Gasteiger partial charge in [0.1, 0.15) is 5.01 Å². The van der Waals surface area contributed by atoms with Crippen LogP contribution in [0.15, 0.2) is 24.3 Å². The highest BCUT2D eigenvalue weighted by Gasteiger charge is 2.25. The van der Waals surface area contributed by atoms with Gasteiger partial charge in [-0.2, -0.15) is 0 Å². The highest BCUT2D eigenvalue weighted by atomic mass is 32.1. The molecule has 0 saturated carbocycles. The number of benzene rings is 1. The number of nitrogens with zero attached hydrogens (tertiary/aromatic N) is 2. The summed E-state index contributed by atoms with van der Waals surface area (Å²) in [6.45, 7) is 8.59. The minimum absolute atomic E-state index is 0.0152. The van der Waals surface area contributed by atoms with E-state index in [0.29, 0.717) is 0 Å². The van der Waals surface area contributed by atoms with E-state index in [2.05, 4.69) is 49.9 Å². The Hall–Kier alpha value is -1.39. The molecular formula is C17H25N3S. The molecule has 21 heavy (non-hydrogen) atoms. The second-order valence-corrected chi connectivity index (χ2v) is 7.74. The summed E-state index contributed by atoms with van der Waals surface area (Å²) in [6, 6.07) is 8.53. The lowest BCUT2D eigenvalue weighted by Crippen LogP contribution is -2.17. The van der Waals surface area contributed by atoms with Gasteiger partial charge in [-0.15, -0.1) is 11.3 Å². The maximum absolute atomic E-state index is 6.13. The van der Waals surface area contributed by atoms with Gasteiger partial charge >= 0.3 is 0 Å². The smallest absolute Gasteiger partial charge is 0.123 e. The van der Waals surface area contributed by atoms with Crippen molar-refractivity contribution in [3.05, 3.63) is 34.8 Å². The third kappa shape index (κ3) is 3.44. The molecule has 2 rings (SSSR count). The van der Waals surface area contributed by atoms with E-state index >= 15 is 0 Å². The fourth-order valence-corrected chi connectivity index (χ4v) is 3.44. The average Bonchev–Trinajstić information content (AvgIpc) is 2.84. The summed E-state index contributed by atoms with van der Waals surface area (Å²) in [5, 5.41) is 1.05. The van der Waals surface area contributed by atoms with E-state index in [1.165, 1.54) is 10.6 Å². The number of hydrogen-bond donors (Lipinski definition) is 1. The van der Waals surface area contributed by atoms with E-state index in [9.17, 15) is 0 Å². The Kier molecular flexibility index (Phi) is 4.40. The quantitative estimate of drug-likeness (QED) is 0.924. The van der Waals surface area contributed by atoms with Crippen LogP contribution in [0.5, 0.6) is 0 Å². The van der Waals surface area contributed by atoms with Crippen LogP contribution in [0.2, 0.25) is 0 Å². The minimum atomic E-state index is 0.0152. The topological polar surface area (TPSA) is 42.1 Å². The molecule has 2 aromatic rings. The largest absolute Gasteiger partial charge is 0.378 e. The summed E-state index contributed by atoms with van der Waals surface area (Å²) in [5.74, 6) is 0. The minimum Gasteiger partial charge on any atom is -0.378 e. The maximum atomic E-state index is 6.13. The van der Waals surface area contributed by atoms with Gasteiger partial charge in [0.2, 0.25) is 0 Å². The monoisotopic (exact) mass is 303 g/mol. The van der Waals surface area contributed by atoms with Gasteiger partial charge < -0.3 is 10.6 Å². The predicted octanol–water partition coefficient (Wildman–Crippen LogP) is 4.19. The van der Waals surface area contributed by atoms with Crippen molar-refractivity contribution in [2.24, 2.45) is 5.73 Å². The Morgan fingerprint density at radius 3 is 2.10 bits per heavy atom. The molecule has 1 heterocycles. The van der Waals surface area contributed by atoms with Gasteiger partial charge in [-0.1, -0.05) is 20.8 Å². The SMILES string of the molecule is CC(N)c1sc(-c2ccc(N(C)C)cc2)nc1C(C)(C)C. The molecule has 0 aliphatic heterocycles. The van der Waals surface area contributed by atoms with E-state index in [0.717, 1.165) is 16.3 Å². The van der Waals surface area contributed by atoms with Gasteiger partial charge in [-0.25, -0.2) is 4.98 Å². The van der Waals surface area contributed by atoms with Crippen LogP contribution in [-0.2, 0) is 5.41 Å². The third-order valence-electron chi connectivity index (χ3n) is 3.41. The molecule has 4 heteroatoms. The molecule has 0 spiro atoms. The Morgan fingerprint density at radius 2 is 1.71 bits per heavy atom. The predicted molar refractivity (Wildman–Crippen MR) is 93.2 cm³/mol. The zero-order valence-electron chi connectivity index (χ0n) is 13.8. The van der Waals surface area contributed by atoms with E-state index in [1.807, 2.05) is 21.0 Å². The van der Waals surface area contributed by atoms with Crippen LogP contribution in [0.3, 0.4) is 0 Å². The summed E-state index contributed by atoms with van der Waals surface area (Å²) >= 11 is 1.71. The van der Waals surface area contributed by atoms with Gasteiger partial charge in [0, 0.05) is 41.7 Å². The first kappa shape index (κ1) is 16.0. The lowest BCUT2D eigenvalue weighted by molar-refractivity contribution is 0.561.